The van der Waals surface area contributed by atoms with Crippen LogP contribution in [0.2, 0.25) is 0 Å². The molecule has 0 amide bonds. The molecule has 0 aromatic carbocycles. The van der Waals surface area contributed by atoms with Crippen molar-refractivity contribution in [3.63, 3.8) is 0 Å². The summed E-state index contributed by atoms with van der Waals surface area (Å²) >= 11 is 0. The fourth-order valence-corrected chi connectivity index (χ4v) is 2.68. The van der Waals surface area contributed by atoms with E-state index in [9.17, 15) is 4.39 Å². The molecule has 1 aliphatic rings. The van der Waals surface area contributed by atoms with Gasteiger partial charge in [0.1, 0.15) is 6.17 Å². The highest BCUT2D eigenvalue weighted by Crippen LogP contribution is 2.38. The summed E-state index contributed by atoms with van der Waals surface area (Å²) < 4.78 is 14.1. The van der Waals surface area contributed by atoms with E-state index in [2.05, 4.69) is 6.92 Å². The normalized spacial score (nSPS) is 31.5. The Bertz CT molecular complexity index is 174. The molecule has 0 aromatic heterocycles. The van der Waals surface area contributed by atoms with E-state index in [1.54, 1.807) is 13.8 Å². The predicted molar refractivity (Wildman–Crippen MR) is 58.9 cm³/mol. The first kappa shape index (κ1) is 12.0. The maximum absolute atomic E-state index is 14.1. The Morgan fingerprint density at radius 2 is 1.93 bits per heavy atom. The lowest BCUT2D eigenvalue weighted by Crippen LogP contribution is -2.48. The second-order valence-electron chi connectivity index (χ2n) is 5.34. The molecule has 84 valence electrons. The number of hydrogen-bond acceptors (Lipinski definition) is 1. The van der Waals surface area contributed by atoms with Crippen molar-refractivity contribution in [2.45, 2.75) is 64.6 Å². The van der Waals surface area contributed by atoms with Crippen molar-refractivity contribution in [1.82, 2.24) is 0 Å². The van der Waals surface area contributed by atoms with Gasteiger partial charge in [0.25, 0.3) is 0 Å². The Morgan fingerprint density at radius 3 is 2.43 bits per heavy atom. The maximum Gasteiger partial charge on any atom is 0.120 e. The Hall–Kier alpha value is -0.110. The van der Waals surface area contributed by atoms with Crippen LogP contribution in [0, 0.1) is 11.8 Å². The molecule has 1 fully saturated rings. The molecule has 2 heteroatoms. The Kier molecular flexibility index (Phi) is 3.94. The minimum atomic E-state index is -0.840. The third-order valence-electron chi connectivity index (χ3n) is 3.58. The molecule has 1 saturated carbocycles. The summed E-state index contributed by atoms with van der Waals surface area (Å²) in [6, 6.07) is 0. The topological polar surface area (TPSA) is 26.0 Å². The Labute approximate surface area is 87.3 Å². The molecular formula is C12H24FN. The number of hydrogen-bond donors (Lipinski definition) is 1. The van der Waals surface area contributed by atoms with Crippen molar-refractivity contribution in [3.05, 3.63) is 0 Å². The molecule has 0 spiro atoms. The van der Waals surface area contributed by atoms with Crippen molar-refractivity contribution >= 4 is 0 Å². The van der Waals surface area contributed by atoms with Gasteiger partial charge < -0.3 is 5.73 Å². The van der Waals surface area contributed by atoms with Crippen LogP contribution in [-0.2, 0) is 0 Å². The van der Waals surface area contributed by atoms with E-state index in [1.165, 1.54) is 19.3 Å². The van der Waals surface area contributed by atoms with Gasteiger partial charge in [0.2, 0.25) is 0 Å². The molecule has 0 aliphatic heterocycles. The number of rotatable bonds is 3. The lowest BCUT2D eigenvalue weighted by atomic mass is 9.71. The van der Waals surface area contributed by atoms with Gasteiger partial charge >= 0.3 is 0 Å². The molecule has 2 N–H and O–H groups in total. The van der Waals surface area contributed by atoms with Crippen LogP contribution in [0.25, 0.3) is 0 Å². The highest BCUT2D eigenvalue weighted by Gasteiger charge is 2.37. The minimum absolute atomic E-state index is 0.203. The average molecular weight is 201 g/mol. The van der Waals surface area contributed by atoms with Crippen LogP contribution in [0.1, 0.15) is 52.9 Å². The summed E-state index contributed by atoms with van der Waals surface area (Å²) in [7, 11) is 0. The van der Waals surface area contributed by atoms with Gasteiger partial charge in [0.15, 0.2) is 0 Å². The van der Waals surface area contributed by atoms with Crippen molar-refractivity contribution in [2.24, 2.45) is 17.6 Å². The van der Waals surface area contributed by atoms with E-state index in [-0.39, 0.29) is 5.92 Å². The van der Waals surface area contributed by atoms with E-state index in [0.717, 1.165) is 12.8 Å². The number of nitrogens with two attached hydrogens (primary N) is 1. The largest absolute Gasteiger partial charge is 0.323 e. The molecule has 0 aromatic rings. The zero-order valence-electron chi connectivity index (χ0n) is 9.72. The van der Waals surface area contributed by atoms with Gasteiger partial charge in [-0.3, -0.25) is 0 Å². The van der Waals surface area contributed by atoms with E-state index in [0.29, 0.717) is 5.92 Å². The number of halogens is 1. The zero-order chi connectivity index (χ0) is 10.8. The highest BCUT2D eigenvalue weighted by atomic mass is 19.1. The van der Waals surface area contributed by atoms with Gasteiger partial charge in [-0.25, -0.2) is 4.39 Å². The lowest BCUT2D eigenvalue weighted by Gasteiger charge is -2.38. The smallest absolute Gasteiger partial charge is 0.120 e. The zero-order valence-corrected chi connectivity index (χ0v) is 9.72. The van der Waals surface area contributed by atoms with Crippen LogP contribution < -0.4 is 5.73 Å². The van der Waals surface area contributed by atoms with E-state index in [1.807, 2.05) is 0 Å². The molecule has 0 radical (unpaired) electrons. The van der Waals surface area contributed by atoms with Gasteiger partial charge in [-0.15, -0.1) is 0 Å². The second kappa shape index (κ2) is 4.61. The van der Waals surface area contributed by atoms with Crippen molar-refractivity contribution in [2.75, 3.05) is 0 Å². The van der Waals surface area contributed by atoms with Gasteiger partial charge in [0.05, 0.1) is 0 Å². The van der Waals surface area contributed by atoms with Crippen molar-refractivity contribution in [3.8, 4) is 0 Å². The molecule has 14 heavy (non-hydrogen) atoms. The first-order valence-electron chi connectivity index (χ1n) is 5.89. The fraction of sp³-hybridized carbons (Fsp3) is 1.00. The van der Waals surface area contributed by atoms with Gasteiger partial charge in [-0.05, 0) is 32.1 Å². The third-order valence-corrected chi connectivity index (χ3v) is 3.58. The molecule has 1 nitrogen and oxygen atoms in total. The van der Waals surface area contributed by atoms with Crippen LogP contribution in [0.3, 0.4) is 0 Å². The summed E-state index contributed by atoms with van der Waals surface area (Å²) in [5.74, 6) is 0.760. The summed E-state index contributed by atoms with van der Waals surface area (Å²) in [6.07, 6.45) is 4.93. The van der Waals surface area contributed by atoms with Crippen LogP contribution >= 0.6 is 0 Å². The van der Waals surface area contributed by atoms with E-state index >= 15 is 0 Å². The van der Waals surface area contributed by atoms with Crippen LogP contribution in [0.5, 0.6) is 0 Å². The summed E-state index contributed by atoms with van der Waals surface area (Å²) in [5.41, 5.74) is 5.18. The maximum atomic E-state index is 14.1. The third kappa shape index (κ3) is 2.69. The first-order valence-corrected chi connectivity index (χ1v) is 5.89. The van der Waals surface area contributed by atoms with E-state index in [4.69, 9.17) is 5.73 Å². The highest BCUT2D eigenvalue weighted by molar-refractivity contribution is 4.91. The van der Waals surface area contributed by atoms with Gasteiger partial charge in [-0.2, -0.15) is 0 Å². The van der Waals surface area contributed by atoms with Crippen LogP contribution in [0.4, 0.5) is 4.39 Å². The Balaban J connectivity index is 2.63. The standard InChI is InChI=1S/C12H24FN/c1-4-9-7-5-6-8-10(9)11(13)12(2,3)14/h9-11H,4-8,14H2,1-3H3. The van der Waals surface area contributed by atoms with Gasteiger partial charge in [-0.1, -0.05) is 32.6 Å². The van der Waals surface area contributed by atoms with Crippen molar-refractivity contribution < 1.29 is 4.39 Å². The molecule has 0 saturated heterocycles. The van der Waals surface area contributed by atoms with Gasteiger partial charge in [0, 0.05) is 5.54 Å². The monoisotopic (exact) mass is 201 g/mol. The quantitative estimate of drug-likeness (QED) is 0.745. The molecule has 1 rings (SSSR count). The second-order valence-corrected chi connectivity index (χ2v) is 5.34. The SMILES string of the molecule is CCC1CCCCC1C(F)C(C)(C)N. The summed E-state index contributed by atoms with van der Waals surface area (Å²) in [5, 5.41) is 0. The first-order chi connectivity index (χ1) is 6.46. The van der Waals surface area contributed by atoms with Crippen LogP contribution in [-0.4, -0.2) is 11.7 Å². The van der Waals surface area contributed by atoms with Crippen LogP contribution in [0.15, 0.2) is 0 Å². The molecule has 0 bridgehead atoms. The van der Waals surface area contributed by atoms with Crippen molar-refractivity contribution in [1.29, 1.82) is 0 Å². The number of alkyl halides is 1. The minimum Gasteiger partial charge on any atom is -0.323 e. The molecular weight excluding hydrogens is 177 g/mol. The lowest BCUT2D eigenvalue weighted by molar-refractivity contribution is 0.0692. The predicted octanol–water partition coefficient (Wildman–Crippen LogP) is 3.28. The summed E-state index contributed by atoms with van der Waals surface area (Å²) in [4.78, 5) is 0. The van der Waals surface area contributed by atoms with E-state index < -0.39 is 11.7 Å². The molecule has 3 unspecified atom stereocenters. The molecule has 1 aliphatic carbocycles. The Morgan fingerprint density at radius 1 is 1.36 bits per heavy atom. The molecule has 0 heterocycles. The average Bonchev–Trinajstić information content (AvgIpc) is 2.15. The summed E-state index contributed by atoms with van der Waals surface area (Å²) in [6.45, 7) is 5.78. The fourth-order valence-electron chi connectivity index (χ4n) is 2.68. The molecule has 3 atom stereocenters.